The van der Waals surface area contributed by atoms with Crippen LogP contribution in [0.15, 0.2) is 53.5 Å². The minimum absolute atomic E-state index is 0.0609. The molecule has 13 heteroatoms. The van der Waals surface area contributed by atoms with E-state index < -0.39 is 75.6 Å². The Morgan fingerprint density at radius 1 is 1.04 bits per heavy atom. The molecule has 0 radical (unpaired) electrons. The summed E-state index contributed by atoms with van der Waals surface area (Å²) in [5, 5.41) is 15.3. The molecule has 0 aliphatic heterocycles. The normalized spacial score (nSPS) is 16.9. The minimum atomic E-state index is -1.47. The van der Waals surface area contributed by atoms with Gasteiger partial charge in [0.2, 0.25) is 5.43 Å². The zero-order valence-electron chi connectivity index (χ0n) is 26.7. The lowest BCUT2D eigenvalue weighted by Crippen LogP contribution is -2.39. The predicted octanol–water partition coefficient (Wildman–Crippen LogP) is 5.66. The van der Waals surface area contributed by atoms with Gasteiger partial charge in [0, 0.05) is 43.0 Å². The highest BCUT2D eigenvalue weighted by atomic mass is 19.1. The van der Waals surface area contributed by atoms with Crippen LogP contribution in [0.25, 0.3) is 0 Å². The molecule has 0 saturated heterocycles. The summed E-state index contributed by atoms with van der Waals surface area (Å²) in [5.41, 5.74) is -2.66. The van der Waals surface area contributed by atoms with Crippen molar-refractivity contribution in [1.29, 1.82) is 0 Å². The number of carboxylic acid groups (broad SMARTS) is 1. The highest BCUT2D eigenvalue weighted by Gasteiger charge is 2.45. The van der Waals surface area contributed by atoms with Crippen LogP contribution in [0.2, 0.25) is 0 Å². The second-order valence-corrected chi connectivity index (χ2v) is 12.8. The Morgan fingerprint density at radius 2 is 1.68 bits per heavy atom. The van der Waals surface area contributed by atoms with Crippen LogP contribution in [0.4, 0.5) is 18.0 Å². The zero-order valence-corrected chi connectivity index (χ0v) is 26.7. The molecule has 1 aliphatic rings. The Labute approximate surface area is 269 Å². The second-order valence-electron chi connectivity index (χ2n) is 12.8. The average molecular weight is 658 g/mol. The number of rotatable bonds is 12. The van der Waals surface area contributed by atoms with Gasteiger partial charge in [-0.3, -0.25) is 9.59 Å². The lowest BCUT2D eigenvalue weighted by Gasteiger charge is -2.23. The van der Waals surface area contributed by atoms with E-state index in [0.717, 1.165) is 12.6 Å². The van der Waals surface area contributed by atoms with Crippen LogP contribution < -0.4 is 20.8 Å². The number of carbonyl (C=O) groups is 3. The van der Waals surface area contributed by atoms with Gasteiger partial charge in [-0.1, -0.05) is 37.3 Å². The van der Waals surface area contributed by atoms with Gasteiger partial charge >= 0.3 is 12.1 Å². The van der Waals surface area contributed by atoms with E-state index in [0.29, 0.717) is 17.7 Å². The molecule has 10 nitrogen and oxygen atoms in total. The molecule has 1 heterocycles. The van der Waals surface area contributed by atoms with Crippen molar-refractivity contribution in [3.8, 4) is 5.75 Å². The molecule has 3 aromatic rings. The molecule has 3 N–H and O–H groups in total. The van der Waals surface area contributed by atoms with Gasteiger partial charge in [0.15, 0.2) is 11.4 Å². The van der Waals surface area contributed by atoms with Crippen molar-refractivity contribution >= 4 is 18.0 Å². The number of benzene rings is 2. The molecule has 1 aliphatic carbocycles. The maximum atomic E-state index is 14.2. The Morgan fingerprint density at radius 3 is 2.28 bits per heavy atom. The van der Waals surface area contributed by atoms with Crippen molar-refractivity contribution in [2.75, 3.05) is 0 Å². The number of hydrogen-bond acceptors (Lipinski definition) is 6. The van der Waals surface area contributed by atoms with Crippen LogP contribution in [-0.4, -0.2) is 39.3 Å². The highest BCUT2D eigenvalue weighted by Crippen LogP contribution is 2.47. The largest absolute Gasteiger partial charge is 0.482 e. The molecule has 47 heavy (non-hydrogen) atoms. The van der Waals surface area contributed by atoms with E-state index in [-0.39, 0.29) is 36.9 Å². The number of aromatic nitrogens is 1. The summed E-state index contributed by atoms with van der Waals surface area (Å²) < 4.78 is 54.1. The number of aromatic carboxylic acids is 1. The number of alkyl carbamates (subject to hydrolysis) is 1. The summed E-state index contributed by atoms with van der Waals surface area (Å²) in [6, 6.07) is 9.36. The van der Waals surface area contributed by atoms with Crippen LogP contribution in [0, 0.1) is 35.2 Å². The van der Waals surface area contributed by atoms with Crippen LogP contribution >= 0.6 is 0 Å². The quantitative estimate of drug-likeness (QED) is 0.229. The lowest BCUT2D eigenvalue weighted by molar-refractivity contribution is 0.0499. The Balaban J connectivity index is 1.62. The van der Waals surface area contributed by atoms with Gasteiger partial charge in [-0.2, -0.15) is 0 Å². The summed E-state index contributed by atoms with van der Waals surface area (Å²) in [4.78, 5) is 51.7. The van der Waals surface area contributed by atoms with Crippen molar-refractivity contribution in [1.82, 2.24) is 15.2 Å². The first-order valence-corrected chi connectivity index (χ1v) is 15.1. The Hall–Kier alpha value is -4.81. The highest BCUT2D eigenvalue weighted by molar-refractivity contribution is 5.96. The number of pyridine rings is 1. The number of ether oxygens (including phenoxy) is 2. The molecule has 4 atom stereocenters. The summed E-state index contributed by atoms with van der Waals surface area (Å²) in [6.45, 7) is 8.19. The third-order valence-corrected chi connectivity index (χ3v) is 7.94. The van der Waals surface area contributed by atoms with Crippen molar-refractivity contribution in [2.24, 2.45) is 17.8 Å². The molecule has 0 unspecified atom stereocenters. The van der Waals surface area contributed by atoms with E-state index in [1.54, 1.807) is 51.1 Å². The maximum Gasteiger partial charge on any atom is 0.407 e. The molecular formula is C34H38F3N3O7. The molecule has 4 rings (SSSR count). The van der Waals surface area contributed by atoms with Gasteiger partial charge in [-0.25, -0.2) is 22.8 Å². The number of hydrogen-bond donors (Lipinski definition) is 3. The first-order chi connectivity index (χ1) is 22.1. The summed E-state index contributed by atoms with van der Waals surface area (Å²) in [5.74, 6) is -6.71. The Kier molecular flexibility index (Phi) is 10.7. The van der Waals surface area contributed by atoms with Crippen LogP contribution in [0.3, 0.4) is 0 Å². The molecule has 252 valence electrons. The molecule has 1 fully saturated rings. The number of carboxylic acids is 1. The van der Waals surface area contributed by atoms with Crippen molar-refractivity contribution in [3.63, 3.8) is 0 Å². The van der Waals surface area contributed by atoms with Crippen LogP contribution in [-0.2, 0) is 24.4 Å². The number of nitrogens with one attached hydrogen (secondary N) is 2. The van der Waals surface area contributed by atoms with E-state index in [4.69, 9.17) is 9.47 Å². The van der Waals surface area contributed by atoms with E-state index in [1.165, 1.54) is 4.57 Å². The van der Waals surface area contributed by atoms with Gasteiger partial charge in [0.1, 0.15) is 35.2 Å². The smallest absolute Gasteiger partial charge is 0.407 e. The third kappa shape index (κ3) is 8.93. The summed E-state index contributed by atoms with van der Waals surface area (Å²) in [6.07, 6.45) is 1.28. The first kappa shape index (κ1) is 35.1. The molecule has 0 bridgehead atoms. The topological polar surface area (TPSA) is 136 Å². The maximum absolute atomic E-state index is 14.2. The molecular weight excluding hydrogens is 619 g/mol. The number of amides is 2. The fraction of sp³-hybridized carbons (Fsp3) is 0.412. The van der Waals surface area contributed by atoms with Gasteiger partial charge < -0.3 is 29.8 Å². The molecule has 1 saturated carbocycles. The number of nitrogens with zero attached hydrogens (tertiary/aromatic N) is 1. The van der Waals surface area contributed by atoms with Gasteiger partial charge in [0.25, 0.3) is 5.91 Å². The van der Waals surface area contributed by atoms with Gasteiger partial charge in [-0.15, -0.1) is 0 Å². The average Bonchev–Trinajstić information content (AvgIpc) is 3.77. The number of carbonyl (C=O) groups excluding carboxylic acids is 2. The van der Waals surface area contributed by atoms with Crippen LogP contribution in [0.1, 0.15) is 73.0 Å². The SMILES string of the molecule is C[C@H](NC(=O)OC(C)(C)C)[C@@H]1C[C@@H]1[C@@H](C)Cn1cc(C(=O)NCc2c(F)cc(F)cc2F)c(=O)c(OCc2ccccc2)c1C(=O)O. The monoisotopic (exact) mass is 657 g/mol. The van der Waals surface area contributed by atoms with E-state index in [9.17, 15) is 37.5 Å². The molecule has 2 amide bonds. The van der Waals surface area contributed by atoms with Crippen molar-refractivity contribution < 1.29 is 42.1 Å². The van der Waals surface area contributed by atoms with Crippen molar-refractivity contribution in [3.05, 3.63) is 98.7 Å². The van der Waals surface area contributed by atoms with E-state index in [2.05, 4.69) is 10.6 Å². The molecule has 2 aromatic carbocycles. The predicted molar refractivity (Wildman–Crippen MR) is 166 cm³/mol. The summed E-state index contributed by atoms with van der Waals surface area (Å²) >= 11 is 0. The zero-order chi connectivity index (χ0) is 34.6. The molecule has 0 spiro atoms. The minimum Gasteiger partial charge on any atom is -0.482 e. The van der Waals surface area contributed by atoms with E-state index >= 15 is 0 Å². The Bertz CT molecular complexity index is 1680. The summed E-state index contributed by atoms with van der Waals surface area (Å²) in [7, 11) is 0. The van der Waals surface area contributed by atoms with Crippen LogP contribution in [0.5, 0.6) is 5.75 Å². The lowest BCUT2D eigenvalue weighted by atomic mass is 10.0. The van der Waals surface area contributed by atoms with E-state index in [1.807, 2.05) is 13.8 Å². The second kappa shape index (κ2) is 14.3. The van der Waals surface area contributed by atoms with Crippen molar-refractivity contribution in [2.45, 2.75) is 72.4 Å². The number of halogens is 3. The third-order valence-electron chi connectivity index (χ3n) is 7.94. The van der Waals surface area contributed by atoms with Gasteiger partial charge in [-0.05, 0) is 57.4 Å². The fourth-order valence-electron chi connectivity index (χ4n) is 5.54. The molecule has 1 aromatic heterocycles. The first-order valence-electron chi connectivity index (χ1n) is 15.1. The standard InChI is InChI=1S/C34H38F3N3O7/c1-18(22-13-23(22)19(2)39-33(45)47-34(3,4)5)15-40-16-25(31(42)38-14-24-26(36)11-21(35)12-27(24)37)29(41)30(28(40)32(43)44)46-17-20-9-7-6-8-10-20/h6-12,16,18-19,22-23H,13-15,17H2,1-5H3,(H,38,42)(H,39,45)(H,43,44)/t18-,19-,22+,23-/m0/s1. The van der Waals surface area contributed by atoms with Gasteiger partial charge in [0.05, 0.1) is 0 Å². The fourth-order valence-corrected chi connectivity index (χ4v) is 5.54.